The van der Waals surface area contributed by atoms with Gasteiger partial charge < -0.3 is 5.73 Å². The van der Waals surface area contributed by atoms with Crippen molar-refractivity contribution in [2.75, 3.05) is 13.1 Å². The van der Waals surface area contributed by atoms with Crippen LogP contribution in [-0.2, 0) is 0 Å². The Morgan fingerprint density at radius 1 is 1.50 bits per heavy atom. The third-order valence-corrected chi connectivity index (χ3v) is 5.17. The molecule has 1 aromatic heterocycles. The Morgan fingerprint density at radius 3 is 2.94 bits per heavy atom. The monoisotopic (exact) mass is 286 g/mol. The Balaban J connectivity index is 2.14. The van der Waals surface area contributed by atoms with Crippen LogP contribution < -0.4 is 5.73 Å². The molecular formula is C14H23ClN2S. The Hall–Kier alpha value is -0.0900. The van der Waals surface area contributed by atoms with Gasteiger partial charge in [0.05, 0.1) is 10.4 Å². The van der Waals surface area contributed by atoms with E-state index in [-0.39, 0.29) is 0 Å². The van der Waals surface area contributed by atoms with Crippen LogP contribution in [0.2, 0.25) is 4.34 Å². The number of hydrogen-bond donors (Lipinski definition) is 1. The summed E-state index contributed by atoms with van der Waals surface area (Å²) in [5.74, 6) is 0. The number of halogens is 1. The van der Waals surface area contributed by atoms with E-state index in [1.807, 2.05) is 6.07 Å². The topological polar surface area (TPSA) is 29.3 Å². The average Bonchev–Trinajstić information content (AvgIpc) is 2.79. The van der Waals surface area contributed by atoms with Crippen molar-refractivity contribution in [3.63, 3.8) is 0 Å². The van der Waals surface area contributed by atoms with Gasteiger partial charge in [0.1, 0.15) is 0 Å². The summed E-state index contributed by atoms with van der Waals surface area (Å²) in [7, 11) is 0. The lowest BCUT2D eigenvalue weighted by atomic mass is 9.96. The van der Waals surface area contributed by atoms with Gasteiger partial charge in [0.15, 0.2) is 0 Å². The normalized spacial score (nSPS) is 23.2. The van der Waals surface area contributed by atoms with Gasteiger partial charge in [0.2, 0.25) is 0 Å². The molecule has 102 valence electrons. The lowest BCUT2D eigenvalue weighted by Gasteiger charge is -2.40. The van der Waals surface area contributed by atoms with E-state index >= 15 is 0 Å². The molecule has 0 bridgehead atoms. The Bertz CT molecular complexity index is 364. The van der Waals surface area contributed by atoms with Crippen molar-refractivity contribution in [3.05, 3.63) is 21.3 Å². The van der Waals surface area contributed by atoms with Gasteiger partial charge in [0.25, 0.3) is 0 Å². The molecule has 2 nitrogen and oxygen atoms in total. The van der Waals surface area contributed by atoms with Crippen molar-refractivity contribution in [2.45, 2.75) is 51.1 Å². The molecule has 2 heterocycles. The molecule has 0 aromatic carbocycles. The summed E-state index contributed by atoms with van der Waals surface area (Å²) in [6.45, 7) is 4.14. The number of rotatable bonds is 5. The van der Waals surface area contributed by atoms with Crippen LogP contribution in [0.25, 0.3) is 0 Å². The van der Waals surface area contributed by atoms with E-state index in [0.717, 1.165) is 4.34 Å². The second-order valence-corrected chi connectivity index (χ2v) is 6.82. The van der Waals surface area contributed by atoms with Crippen LogP contribution in [-0.4, -0.2) is 24.0 Å². The van der Waals surface area contributed by atoms with E-state index in [0.29, 0.717) is 18.6 Å². The fourth-order valence-electron chi connectivity index (χ4n) is 3.00. The summed E-state index contributed by atoms with van der Waals surface area (Å²) in [5, 5.41) is 0. The molecular weight excluding hydrogens is 264 g/mol. The van der Waals surface area contributed by atoms with E-state index in [1.54, 1.807) is 11.3 Å². The quantitative estimate of drug-likeness (QED) is 0.884. The van der Waals surface area contributed by atoms with Gasteiger partial charge in [-0.3, -0.25) is 4.90 Å². The molecule has 0 radical (unpaired) electrons. The van der Waals surface area contributed by atoms with Gasteiger partial charge in [-0.25, -0.2) is 0 Å². The van der Waals surface area contributed by atoms with Gasteiger partial charge >= 0.3 is 0 Å². The third-order valence-electron chi connectivity index (χ3n) is 3.84. The van der Waals surface area contributed by atoms with Crippen LogP contribution >= 0.6 is 22.9 Å². The number of thiophene rings is 1. The molecule has 1 fully saturated rings. The zero-order chi connectivity index (χ0) is 13.0. The van der Waals surface area contributed by atoms with Crippen molar-refractivity contribution in [3.8, 4) is 0 Å². The van der Waals surface area contributed by atoms with Crippen molar-refractivity contribution < 1.29 is 0 Å². The predicted molar refractivity (Wildman–Crippen MR) is 80.4 cm³/mol. The zero-order valence-electron chi connectivity index (χ0n) is 11.1. The van der Waals surface area contributed by atoms with Crippen LogP contribution in [0.5, 0.6) is 0 Å². The van der Waals surface area contributed by atoms with E-state index in [4.69, 9.17) is 17.3 Å². The first kappa shape index (κ1) is 14.3. The van der Waals surface area contributed by atoms with Crippen molar-refractivity contribution in [1.82, 2.24) is 4.90 Å². The SMILES string of the molecule is CCCC1CCCCN1C(CN)c1ccc(Cl)s1. The molecule has 1 saturated heterocycles. The standard InChI is InChI=1S/C14H23ClN2S/c1-2-5-11-6-3-4-9-17(11)12(10-16)13-7-8-14(15)18-13/h7-8,11-12H,2-6,9-10,16H2,1H3. The van der Waals surface area contributed by atoms with Gasteiger partial charge in [0, 0.05) is 17.5 Å². The summed E-state index contributed by atoms with van der Waals surface area (Å²) < 4.78 is 0.868. The third kappa shape index (κ3) is 3.27. The van der Waals surface area contributed by atoms with Crippen LogP contribution in [0.15, 0.2) is 12.1 Å². The highest BCUT2D eigenvalue weighted by Gasteiger charge is 2.29. The summed E-state index contributed by atoms with van der Waals surface area (Å²) in [5.41, 5.74) is 6.03. The fourth-order valence-corrected chi connectivity index (χ4v) is 4.19. The first-order valence-electron chi connectivity index (χ1n) is 6.97. The van der Waals surface area contributed by atoms with Gasteiger partial charge in [-0.1, -0.05) is 31.4 Å². The maximum Gasteiger partial charge on any atom is 0.0931 e. The molecule has 1 aliphatic rings. The minimum absolute atomic E-state index is 0.361. The largest absolute Gasteiger partial charge is 0.329 e. The van der Waals surface area contributed by atoms with E-state index in [1.165, 1.54) is 43.5 Å². The van der Waals surface area contributed by atoms with Crippen LogP contribution in [0.1, 0.15) is 49.9 Å². The van der Waals surface area contributed by atoms with Crippen LogP contribution in [0.4, 0.5) is 0 Å². The Labute approximate surface area is 119 Å². The molecule has 2 rings (SSSR count). The fraction of sp³-hybridized carbons (Fsp3) is 0.714. The first-order chi connectivity index (χ1) is 8.76. The maximum atomic E-state index is 6.06. The van der Waals surface area contributed by atoms with E-state index in [2.05, 4.69) is 17.9 Å². The highest BCUT2D eigenvalue weighted by atomic mass is 35.5. The predicted octanol–water partition coefficient (Wildman–Crippen LogP) is 4.06. The molecule has 18 heavy (non-hydrogen) atoms. The highest BCUT2D eigenvalue weighted by molar-refractivity contribution is 7.16. The molecule has 0 aliphatic carbocycles. The highest BCUT2D eigenvalue weighted by Crippen LogP contribution is 2.34. The number of piperidine rings is 1. The van der Waals surface area contributed by atoms with Crippen molar-refractivity contribution >= 4 is 22.9 Å². The minimum Gasteiger partial charge on any atom is -0.329 e. The van der Waals surface area contributed by atoms with Gasteiger partial charge in [-0.05, 0) is 37.9 Å². The van der Waals surface area contributed by atoms with E-state index in [9.17, 15) is 0 Å². The second-order valence-electron chi connectivity index (χ2n) is 5.07. The van der Waals surface area contributed by atoms with Crippen molar-refractivity contribution in [1.29, 1.82) is 0 Å². The van der Waals surface area contributed by atoms with Gasteiger partial charge in [-0.15, -0.1) is 11.3 Å². The smallest absolute Gasteiger partial charge is 0.0931 e. The molecule has 0 spiro atoms. The summed E-state index contributed by atoms with van der Waals surface area (Å²) >= 11 is 7.74. The molecule has 0 saturated carbocycles. The molecule has 2 unspecified atom stereocenters. The van der Waals surface area contributed by atoms with Gasteiger partial charge in [-0.2, -0.15) is 0 Å². The lowest BCUT2D eigenvalue weighted by molar-refractivity contribution is 0.0929. The molecule has 1 aliphatic heterocycles. The number of hydrogen-bond acceptors (Lipinski definition) is 3. The molecule has 1 aromatic rings. The summed E-state index contributed by atoms with van der Waals surface area (Å²) in [4.78, 5) is 3.94. The second kappa shape index (κ2) is 6.90. The van der Waals surface area contributed by atoms with Crippen molar-refractivity contribution in [2.24, 2.45) is 5.73 Å². The number of nitrogens with two attached hydrogens (primary N) is 1. The maximum absolute atomic E-state index is 6.06. The van der Waals surface area contributed by atoms with Crippen LogP contribution in [0.3, 0.4) is 0 Å². The summed E-state index contributed by atoms with van der Waals surface area (Å²) in [6, 6.07) is 5.20. The number of likely N-dealkylation sites (tertiary alicyclic amines) is 1. The van der Waals surface area contributed by atoms with Crippen LogP contribution in [0, 0.1) is 0 Å². The molecule has 0 amide bonds. The minimum atomic E-state index is 0.361. The molecule has 2 atom stereocenters. The Morgan fingerprint density at radius 2 is 2.33 bits per heavy atom. The molecule has 2 N–H and O–H groups in total. The molecule has 4 heteroatoms. The Kier molecular flexibility index (Phi) is 5.49. The average molecular weight is 287 g/mol. The lowest BCUT2D eigenvalue weighted by Crippen LogP contribution is -2.44. The zero-order valence-corrected chi connectivity index (χ0v) is 12.6. The van der Waals surface area contributed by atoms with E-state index < -0.39 is 0 Å². The first-order valence-corrected chi connectivity index (χ1v) is 8.16. The summed E-state index contributed by atoms with van der Waals surface area (Å²) in [6.07, 6.45) is 6.53. The number of nitrogens with zero attached hydrogens (tertiary/aromatic N) is 1.